The standard InChI is InChI=1S/C20H22ClNO6/c1-10-13-6-15(21)16(23)8-17(13)28-20(27)14(10)7-18(24)22-9-11-2-4-12(5-3-11)19(25)26/h6,8,11-12,23H,2-5,7,9H2,1H3,(H,22,24)(H,25,26)/p-1. The fraction of sp³-hybridized carbons (Fsp3) is 0.450. The molecule has 0 spiro atoms. The maximum atomic E-state index is 12.3. The number of phenols is 1. The number of amides is 1. The Morgan fingerprint density at radius 1 is 1.29 bits per heavy atom. The first-order valence-corrected chi connectivity index (χ1v) is 9.56. The van der Waals surface area contributed by atoms with Gasteiger partial charge in [-0.15, -0.1) is 0 Å². The highest BCUT2D eigenvalue weighted by atomic mass is 35.5. The Balaban J connectivity index is 1.66. The van der Waals surface area contributed by atoms with Crippen LogP contribution < -0.4 is 16.0 Å². The predicted octanol–water partition coefficient (Wildman–Crippen LogP) is 1.68. The monoisotopic (exact) mass is 406 g/mol. The Morgan fingerprint density at radius 2 is 1.96 bits per heavy atom. The fourth-order valence-corrected chi connectivity index (χ4v) is 3.85. The number of carboxylic acid groups (broad SMARTS) is 1. The van der Waals surface area contributed by atoms with Gasteiger partial charge in [-0.1, -0.05) is 11.6 Å². The van der Waals surface area contributed by atoms with E-state index in [0.717, 1.165) is 12.8 Å². The van der Waals surface area contributed by atoms with Crippen molar-refractivity contribution in [2.24, 2.45) is 11.8 Å². The maximum Gasteiger partial charge on any atom is 0.340 e. The van der Waals surface area contributed by atoms with Gasteiger partial charge in [0.25, 0.3) is 0 Å². The molecule has 1 saturated carbocycles. The number of carbonyl (C=O) groups is 2. The highest BCUT2D eigenvalue weighted by molar-refractivity contribution is 6.32. The number of benzene rings is 1. The van der Waals surface area contributed by atoms with Crippen molar-refractivity contribution in [2.45, 2.75) is 39.0 Å². The smallest absolute Gasteiger partial charge is 0.340 e. The van der Waals surface area contributed by atoms with E-state index in [-0.39, 0.29) is 40.2 Å². The van der Waals surface area contributed by atoms with Gasteiger partial charge in [-0.3, -0.25) is 4.79 Å². The Kier molecular flexibility index (Phi) is 5.93. The second-order valence-corrected chi connectivity index (χ2v) is 7.72. The highest BCUT2D eigenvalue weighted by Gasteiger charge is 2.23. The van der Waals surface area contributed by atoms with Crippen LogP contribution in [0.2, 0.25) is 5.02 Å². The van der Waals surface area contributed by atoms with Gasteiger partial charge in [0, 0.05) is 24.0 Å². The normalized spacial score (nSPS) is 19.5. The molecule has 0 atom stereocenters. The van der Waals surface area contributed by atoms with Crippen molar-refractivity contribution in [2.75, 3.05) is 6.54 Å². The second-order valence-electron chi connectivity index (χ2n) is 7.31. The quantitative estimate of drug-likeness (QED) is 0.729. The summed E-state index contributed by atoms with van der Waals surface area (Å²) in [4.78, 5) is 35.5. The maximum absolute atomic E-state index is 12.3. The first-order chi connectivity index (χ1) is 13.3. The molecule has 1 aromatic carbocycles. The minimum atomic E-state index is -1.01. The lowest BCUT2D eigenvalue weighted by Crippen LogP contribution is -2.37. The van der Waals surface area contributed by atoms with Crippen molar-refractivity contribution in [1.29, 1.82) is 0 Å². The van der Waals surface area contributed by atoms with Crippen LogP contribution in [0, 0.1) is 18.8 Å². The molecular formula is C20H21ClNO6-. The highest BCUT2D eigenvalue weighted by Crippen LogP contribution is 2.31. The molecule has 1 aliphatic carbocycles. The van der Waals surface area contributed by atoms with E-state index >= 15 is 0 Å². The summed E-state index contributed by atoms with van der Waals surface area (Å²) in [5.41, 5.74) is 0.403. The van der Waals surface area contributed by atoms with E-state index in [9.17, 15) is 24.6 Å². The Morgan fingerprint density at radius 3 is 2.61 bits per heavy atom. The number of fused-ring (bicyclic) bond motifs is 1. The predicted molar refractivity (Wildman–Crippen MR) is 101 cm³/mol. The third-order valence-corrected chi connectivity index (χ3v) is 5.76. The van der Waals surface area contributed by atoms with E-state index in [2.05, 4.69) is 5.32 Å². The Labute approximate surface area is 166 Å². The number of aliphatic carboxylic acids is 1. The summed E-state index contributed by atoms with van der Waals surface area (Å²) in [6.45, 7) is 2.15. The van der Waals surface area contributed by atoms with Gasteiger partial charge in [0.2, 0.25) is 5.91 Å². The van der Waals surface area contributed by atoms with Crippen LogP contribution in [0.5, 0.6) is 5.75 Å². The van der Waals surface area contributed by atoms with Gasteiger partial charge in [-0.25, -0.2) is 4.79 Å². The number of carboxylic acids is 1. The molecular weight excluding hydrogens is 386 g/mol. The molecule has 0 unspecified atom stereocenters. The van der Waals surface area contributed by atoms with E-state index in [1.165, 1.54) is 12.1 Å². The van der Waals surface area contributed by atoms with Crippen LogP contribution in [0.3, 0.4) is 0 Å². The van der Waals surface area contributed by atoms with E-state index < -0.39 is 17.5 Å². The third-order valence-electron chi connectivity index (χ3n) is 5.46. The molecule has 0 bridgehead atoms. The lowest BCUT2D eigenvalue weighted by Gasteiger charge is -2.29. The molecule has 0 aliphatic heterocycles. The number of hydrogen-bond donors (Lipinski definition) is 2. The molecule has 1 fully saturated rings. The molecule has 0 saturated heterocycles. The summed E-state index contributed by atoms with van der Waals surface area (Å²) in [6.07, 6.45) is 2.43. The largest absolute Gasteiger partial charge is 0.550 e. The summed E-state index contributed by atoms with van der Waals surface area (Å²) < 4.78 is 5.22. The van der Waals surface area contributed by atoms with Crippen molar-refractivity contribution in [3.05, 3.63) is 38.7 Å². The average Bonchev–Trinajstić information content (AvgIpc) is 2.65. The lowest BCUT2D eigenvalue weighted by molar-refractivity contribution is -0.312. The van der Waals surface area contributed by atoms with Gasteiger partial charge in [0.05, 0.1) is 17.0 Å². The first kappa shape index (κ1) is 20.2. The van der Waals surface area contributed by atoms with Gasteiger partial charge in [-0.2, -0.15) is 0 Å². The molecule has 1 amide bonds. The zero-order valence-electron chi connectivity index (χ0n) is 15.4. The average molecular weight is 407 g/mol. The molecule has 2 aromatic rings. The van der Waals surface area contributed by atoms with Gasteiger partial charge in [0.15, 0.2) is 0 Å². The molecule has 2 N–H and O–H groups in total. The molecule has 3 rings (SSSR count). The van der Waals surface area contributed by atoms with E-state index in [1.807, 2.05) is 0 Å². The number of carbonyl (C=O) groups excluding carboxylic acids is 2. The summed E-state index contributed by atoms with van der Waals surface area (Å²) in [6, 6.07) is 2.78. The molecule has 0 radical (unpaired) electrons. The molecule has 1 aliphatic rings. The van der Waals surface area contributed by atoms with Crippen LogP contribution in [0.4, 0.5) is 0 Å². The molecule has 150 valence electrons. The SMILES string of the molecule is Cc1c(CC(=O)NCC2CCC(C(=O)[O-])CC2)c(=O)oc2cc(O)c(Cl)cc12. The number of hydrogen-bond acceptors (Lipinski definition) is 6. The minimum Gasteiger partial charge on any atom is -0.550 e. The number of aryl methyl sites for hydroxylation is 1. The second kappa shape index (κ2) is 8.22. The van der Waals surface area contributed by atoms with Crippen LogP contribution in [-0.2, 0) is 16.0 Å². The van der Waals surface area contributed by atoms with Crippen molar-refractivity contribution in [3.8, 4) is 5.75 Å². The van der Waals surface area contributed by atoms with Gasteiger partial charge in [-0.05, 0) is 56.1 Å². The van der Waals surface area contributed by atoms with Crippen LogP contribution in [0.25, 0.3) is 11.0 Å². The summed E-state index contributed by atoms with van der Waals surface area (Å²) >= 11 is 5.93. The summed E-state index contributed by atoms with van der Waals surface area (Å²) in [7, 11) is 0. The molecule has 7 nitrogen and oxygen atoms in total. The Hall–Kier alpha value is -2.54. The Bertz CT molecular complexity index is 975. The van der Waals surface area contributed by atoms with Crippen molar-refractivity contribution < 1.29 is 24.2 Å². The fourth-order valence-electron chi connectivity index (χ4n) is 3.69. The van der Waals surface area contributed by atoms with E-state index in [4.69, 9.17) is 16.0 Å². The topological polar surface area (TPSA) is 120 Å². The number of phenolic OH excluding ortho intramolecular Hbond substituents is 1. The van der Waals surface area contributed by atoms with Gasteiger partial charge in [0.1, 0.15) is 11.3 Å². The summed E-state index contributed by atoms with van der Waals surface area (Å²) in [5.74, 6) is -1.68. The molecule has 1 heterocycles. The lowest BCUT2D eigenvalue weighted by atomic mass is 9.82. The number of aromatic hydroxyl groups is 1. The zero-order chi connectivity index (χ0) is 20.4. The van der Waals surface area contributed by atoms with E-state index in [1.54, 1.807) is 6.92 Å². The van der Waals surface area contributed by atoms with Crippen molar-refractivity contribution >= 4 is 34.4 Å². The molecule has 28 heavy (non-hydrogen) atoms. The number of halogens is 1. The van der Waals surface area contributed by atoms with E-state index in [0.29, 0.717) is 30.3 Å². The number of nitrogens with one attached hydrogen (secondary N) is 1. The molecule has 1 aromatic heterocycles. The minimum absolute atomic E-state index is 0.128. The number of rotatable bonds is 5. The van der Waals surface area contributed by atoms with Crippen molar-refractivity contribution in [1.82, 2.24) is 5.32 Å². The van der Waals surface area contributed by atoms with Gasteiger partial charge >= 0.3 is 5.63 Å². The molecule has 8 heteroatoms. The van der Waals surface area contributed by atoms with Crippen LogP contribution >= 0.6 is 11.6 Å². The van der Waals surface area contributed by atoms with Crippen molar-refractivity contribution in [3.63, 3.8) is 0 Å². The zero-order valence-corrected chi connectivity index (χ0v) is 16.2. The van der Waals surface area contributed by atoms with Crippen LogP contribution in [-0.4, -0.2) is 23.5 Å². The van der Waals surface area contributed by atoms with Crippen LogP contribution in [0.1, 0.15) is 36.8 Å². The first-order valence-electron chi connectivity index (χ1n) is 9.18. The van der Waals surface area contributed by atoms with Crippen LogP contribution in [0.15, 0.2) is 21.3 Å². The van der Waals surface area contributed by atoms with Gasteiger partial charge < -0.3 is 24.7 Å². The third kappa shape index (κ3) is 4.30. The summed E-state index contributed by atoms with van der Waals surface area (Å²) in [5, 5.41) is 24.1.